The summed E-state index contributed by atoms with van der Waals surface area (Å²) in [6, 6.07) is 10.00. The smallest absolute Gasteiger partial charge is 0.237 e. The Hall–Kier alpha value is -2.57. The molecule has 0 saturated heterocycles. The third kappa shape index (κ3) is 4.23. The van der Waals surface area contributed by atoms with Gasteiger partial charge in [0.1, 0.15) is 6.10 Å². The first-order chi connectivity index (χ1) is 13.2. The summed E-state index contributed by atoms with van der Waals surface area (Å²) in [5.74, 6) is 0.645. The van der Waals surface area contributed by atoms with Crippen LogP contribution in [0.5, 0.6) is 5.88 Å². The lowest BCUT2D eigenvalue weighted by atomic mass is 10.1. The van der Waals surface area contributed by atoms with Crippen molar-refractivity contribution in [2.45, 2.75) is 12.5 Å². The highest BCUT2D eigenvalue weighted by atomic mass is 35.5. The quantitative estimate of drug-likeness (QED) is 0.640. The summed E-state index contributed by atoms with van der Waals surface area (Å²) in [5.41, 5.74) is 4.14. The molecule has 2 N–H and O–H groups in total. The molecule has 140 valence electrons. The van der Waals surface area contributed by atoms with Crippen LogP contribution < -0.4 is 15.4 Å². The molecule has 0 saturated carbocycles. The predicted octanol–water partition coefficient (Wildman–Crippen LogP) is 3.14. The zero-order valence-corrected chi connectivity index (χ0v) is 15.9. The van der Waals surface area contributed by atoms with E-state index in [1.54, 1.807) is 4.68 Å². The summed E-state index contributed by atoms with van der Waals surface area (Å²) in [4.78, 5) is 4.48. The normalized spacial score (nSPS) is 15.7. The molecule has 7 heteroatoms. The maximum atomic E-state index is 6.19. The molecule has 0 radical (unpaired) electrons. The second-order valence-electron chi connectivity index (χ2n) is 6.65. The Balaban J connectivity index is 1.30. The average Bonchev–Trinajstić information content (AvgIpc) is 3.12. The highest BCUT2D eigenvalue weighted by molar-refractivity contribution is 6.31. The van der Waals surface area contributed by atoms with Crippen molar-refractivity contribution >= 4 is 17.3 Å². The zero-order chi connectivity index (χ0) is 18.6. The summed E-state index contributed by atoms with van der Waals surface area (Å²) in [6.45, 7) is 2.34. The van der Waals surface area contributed by atoms with Gasteiger partial charge in [-0.05, 0) is 30.7 Å². The number of ether oxygens (including phenoxy) is 1. The van der Waals surface area contributed by atoms with Crippen molar-refractivity contribution < 1.29 is 4.74 Å². The van der Waals surface area contributed by atoms with Crippen LogP contribution in [0.4, 0.5) is 5.69 Å². The van der Waals surface area contributed by atoms with Gasteiger partial charge in [0.05, 0.1) is 18.4 Å². The van der Waals surface area contributed by atoms with Gasteiger partial charge in [0.15, 0.2) is 0 Å². The van der Waals surface area contributed by atoms with Gasteiger partial charge in [-0.15, -0.1) is 0 Å². The third-order valence-electron chi connectivity index (χ3n) is 4.59. The molecular weight excluding hydrogens is 362 g/mol. The molecule has 0 bridgehead atoms. The van der Waals surface area contributed by atoms with Crippen molar-refractivity contribution in [3.63, 3.8) is 0 Å². The van der Waals surface area contributed by atoms with Gasteiger partial charge >= 0.3 is 0 Å². The minimum absolute atomic E-state index is 0.0421. The Labute approximate surface area is 163 Å². The van der Waals surface area contributed by atoms with Gasteiger partial charge in [-0.3, -0.25) is 4.68 Å². The van der Waals surface area contributed by atoms with E-state index >= 15 is 0 Å². The molecular formula is C20H22ClN5O. The van der Waals surface area contributed by atoms with E-state index in [0.717, 1.165) is 53.5 Å². The number of pyridine rings is 1. The number of halogens is 1. The maximum Gasteiger partial charge on any atom is 0.237 e. The summed E-state index contributed by atoms with van der Waals surface area (Å²) < 4.78 is 7.80. The van der Waals surface area contributed by atoms with Gasteiger partial charge in [-0.1, -0.05) is 29.8 Å². The lowest BCUT2D eigenvalue weighted by molar-refractivity contribution is 0.194. The lowest BCUT2D eigenvalue weighted by Crippen LogP contribution is -2.40. The molecule has 2 aromatic heterocycles. The molecule has 1 aliphatic rings. The molecule has 3 heterocycles. The number of rotatable bonds is 6. The van der Waals surface area contributed by atoms with Gasteiger partial charge in [-0.25, -0.2) is 4.98 Å². The van der Waals surface area contributed by atoms with Crippen LogP contribution in [-0.2, 0) is 13.5 Å². The van der Waals surface area contributed by atoms with Crippen molar-refractivity contribution in [3.05, 3.63) is 59.5 Å². The highest BCUT2D eigenvalue weighted by Gasteiger charge is 2.20. The molecule has 0 aliphatic carbocycles. The maximum absolute atomic E-state index is 6.19. The first-order valence-electron chi connectivity index (χ1n) is 9.03. The van der Waals surface area contributed by atoms with Crippen LogP contribution >= 0.6 is 11.6 Å². The number of benzene rings is 1. The van der Waals surface area contributed by atoms with Crippen molar-refractivity contribution in [2.24, 2.45) is 7.05 Å². The fraction of sp³-hybridized carbons (Fsp3) is 0.300. The van der Waals surface area contributed by atoms with Crippen molar-refractivity contribution in [1.82, 2.24) is 20.1 Å². The highest BCUT2D eigenvalue weighted by Crippen LogP contribution is 2.31. The van der Waals surface area contributed by atoms with Crippen molar-refractivity contribution in [2.75, 3.05) is 25.0 Å². The van der Waals surface area contributed by atoms with Gasteiger partial charge < -0.3 is 15.4 Å². The van der Waals surface area contributed by atoms with Crippen molar-refractivity contribution in [3.8, 4) is 17.0 Å². The van der Waals surface area contributed by atoms with Crippen LogP contribution in [0.2, 0.25) is 5.02 Å². The molecule has 3 aromatic rings. The fourth-order valence-corrected chi connectivity index (χ4v) is 3.36. The van der Waals surface area contributed by atoms with E-state index in [1.807, 2.05) is 43.8 Å². The summed E-state index contributed by atoms with van der Waals surface area (Å²) in [7, 11) is 1.90. The van der Waals surface area contributed by atoms with E-state index in [-0.39, 0.29) is 6.10 Å². The zero-order valence-electron chi connectivity index (χ0n) is 15.2. The number of fused-ring (bicyclic) bond motifs is 1. The van der Waals surface area contributed by atoms with Crippen LogP contribution in [0.25, 0.3) is 11.1 Å². The molecule has 0 spiro atoms. The SMILES string of the molecule is Cn1cc(-c2cnc3c(c2)NCC(CNCCc2ccccc2Cl)O3)cn1. The second kappa shape index (κ2) is 7.98. The number of anilines is 1. The molecule has 1 aromatic carbocycles. The molecule has 27 heavy (non-hydrogen) atoms. The van der Waals surface area contributed by atoms with Crippen LogP contribution in [0.1, 0.15) is 5.56 Å². The molecule has 6 nitrogen and oxygen atoms in total. The molecule has 1 unspecified atom stereocenters. The molecule has 1 aliphatic heterocycles. The van der Waals surface area contributed by atoms with Gasteiger partial charge in [0.25, 0.3) is 0 Å². The predicted molar refractivity (Wildman–Crippen MR) is 107 cm³/mol. The first-order valence-corrected chi connectivity index (χ1v) is 9.40. The van der Waals surface area contributed by atoms with Crippen LogP contribution in [-0.4, -0.2) is 40.5 Å². The number of aryl methyl sites for hydroxylation is 1. The second-order valence-corrected chi connectivity index (χ2v) is 7.05. The Bertz CT molecular complexity index is 926. The third-order valence-corrected chi connectivity index (χ3v) is 4.96. The number of aromatic nitrogens is 3. The molecule has 0 amide bonds. The number of nitrogens with one attached hydrogen (secondary N) is 2. The van der Waals surface area contributed by atoms with E-state index in [4.69, 9.17) is 16.3 Å². The lowest BCUT2D eigenvalue weighted by Gasteiger charge is -2.27. The van der Waals surface area contributed by atoms with E-state index in [9.17, 15) is 0 Å². The topological polar surface area (TPSA) is 64.0 Å². The van der Waals surface area contributed by atoms with Crippen LogP contribution in [0.3, 0.4) is 0 Å². The van der Waals surface area contributed by atoms with Gasteiger partial charge in [-0.2, -0.15) is 5.10 Å². The standard InChI is InChI=1S/C20H22ClN5O/c1-26-13-16(10-25-26)15-8-19-20(24-9-15)27-17(12-23-19)11-22-7-6-14-4-2-3-5-18(14)21/h2-5,8-10,13,17,22-23H,6-7,11-12H2,1H3. The summed E-state index contributed by atoms with van der Waals surface area (Å²) in [6.07, 6.45) is 6.56. The van der Waals surface area contributed by atoms with E-state index in [1.165, 1.54) is 0 Å². The Kier molecular flexibility index (Phi) is 5.27. The Morgan fingerprint density at radius 3 is 3.00 bits per heavy atom. The monoisotopic (exact) mass is 383 g/mol. The molecule has 1 atom stereocenters. The summed E-state index contributed by atoms with van der Waals surface area (Å²) in [5, 5.41) is 11.9. The Morgan fingerprint density at radius 1 is 1.30 bits per heavy atom. The summed E-state index contributed by atoms with van der Waals surface area (Å²) >= 11 is 6.19. The van der Waals surface area contributed by atoms with E-state index in [2.05, 4.69) is 32.8 Å². The Morgan fingerprint density at radius 2 is 2.19 bits per heavy atom. The van der Waals surface area contributed by atoms with Crippen molar-refractivity contribution in [1.29, 1.82) is 0 Å². The minimum atomic E-state index is 0.0421. The molecule has 0 fully saturated rings. The minimum Gasteiger partial charge on any atom is -0.470 e. The number of nitrogens with zero attached hydrogens (tertiary/aromatic N) is 3. The number of hydrogen-bond acceptors (Lipinski definition) is 5. The fourth-order valence-electron chi connectivity index (χ4n) is 3.13. The van der Waals surface area contributed by atoms with Crippen LogP contribution in [0, 0.1) is 0 Å². The van der Waals surface area contributed by atoms with Crippen LogP contribution in [0.15, 0.2) is 48.9 Å². The first kappa shape index (κ1) is 17.8. The van der Waals surface area contributed by atoms with E-state index in [0.29, 0.717) is 5.88 Å². The number of hydrogen-bond donors (Lipinski definition) is 2. The largest absolute Gasteiger partial charge is 0.470 e. The van der Waals surface area contributed by atoms with Gasteiger partial charge in [0, 0.05) is 42.1 Å². The van der Waals surface area contributed by atoms with E-state index < -0.39 is 0 Å². The molecule has 4 rings (SSSR count). The van der Waals surface area contributed by atoms with Gasteiger partial charge in [0.2, 0.25) is 5.88 Å². The average molecular weight is 384 g/mol.